The Balaban J connectivity index is 1.97. The molecule has 0 unspecified atom stereocenters. The summed E-state index contributed by atoms with van der Waals surface area (Å²) in [7, 11) is 1.72. The predicted octanol–water partition coefficient (Wildman–Crippen LogP) is 2.03. The largest absolute Gasteiger partial charge is 0.481 e. The lowest BCUT2D eigenvalue weighted by atomic mass is 10.0. The lowest BCUT2D eigenvalue weighted by molar-refractivity contribution is -0.137. The Morgan fingerprint density at radius 3 is 2.65 bits per heavy atom. The number of carbonyl (C=O) groups excluding carboxylic acids is 2. The van der Waals surface area contributed by atoms with Crippen molar-refractivity contribution in [3.05, 3.63) is 29.3 Å². The van der Waals surface area contributed by atoms with Gasteiger partial charge in [-0.25, -0.2) is 0 Å². The number of carbonyl (C=O) groups is 3. The Morgan fingerprint density at radius 1 is 1.25 bits per heavy atom. The van der Waals surface area contributed by atoms with E-state index in [-0.39, 0.29) is 18.1 Å². The van der Waals surface area contributed by atoms with Gasteiger partial charge < -0.3 is 10.0 Å². The molecule has 2 rings (SSSR count). The predicted molar refractivity (Wildman–Crippen MR) is 74.0 cm³/mol. The Hall–Kier alpha value is -2.17. The van der Waals surface area contributed by atoms with E-state index in [9.17, 15) is 14.4 Å². The van der Waals surface area contributed by atoms with Gasteiger partial charge in [-0.15, -0.1) is 0 Å². The minimum absolute atomic E-state index is 0.000177. The summed E-state index contributed by atoms with van der Waals surface area (Å²) in [6.07, 6.45) is 1.85. The first-order chi connectivity index (χ1) is 9.49. The first-order valence-electron chi connectivity index (χ1n) is 6.63. The fourth-order valence-electron chi connectivity index (χ4n) is 2.35. The zero-order valence-electron chi connectivity index (χ0n) is 11.4. The van der Waals surface area contributed by atoms with Gasteiger partial charge in [0.2, 0.25) is 5.91 Å². The average molecular weight is 275 g/mol. The van der Waals surface area contributed by atoms with Crippen LogP contribution in [-0.4, -0.2) is 29.8 Å². The highest BCUT2D eigenvalue weighted by Gasteiger charge is 2.24. The molecule has 0 fully saturated rings. The van der Waals surface area contributed by atoms with Crippen LogP contribution in [0.2, 0.25) is 0 Å². The van der Waals surface area contributed by atoms with E-state index in [1.165, 1.54) is 0 Å². The van der Waals surface area contributed by atoms with Gasteiger partial charge in [0.15, 0.2) is 5.78 Å². The van der Waals surface area contributed by atoms with E-state index in [1.807, 2.05) is 0 Å². The Morgan fingerprint density at radius 2 is 1.95 bits per heavy atom. The molecular weight excluding hydrogens is 258 g/mol. The number of likely N-dealkylation sites (N-methyl/N-ethyl adjacent to an activating group) is 1. The van der Waals surface area contributed by atoms with E-state index in [4.69, 9.17) is 5.11 Å². The highest BCUT2D eigenvalue weighted by atomic mass is 16.4. The van der Waals surface area contributed by atoms with Crippen LogP contribution in [0.3, 0.4) is 0 Å². The smallest absolute Gasteiger partial charge is 0.303 e. The van der Waals surface area contributed by atoms with Crippen LogP contribution in [-0.2, 0) is 16.0 Å². The third kappa shape index (κ3) is 3.04. The molecule has 0 spiro atoms. The summed E-state index contributed by atoms with van der Waals surface area (Å²) in [5.74, 6) is -0.803. The van der Waals surface area contributed by atoms with Gasteiger partial charge in [0.25, 0.3) is 0 Å². The summed E-state index contributed by atoms with van der Waals surface area (Å²) in [5, 5.41) is 8.53. The molecule has 0 aromatic heterocycles. The zero-order chi connectivity index (χ0) is 14.7. The Labute approximate surface area is 117 Å². The standard InChI is InChI=1S/C15H17NO4/c1-16-12-7-6-10(8-11(12)9-14(16)18)13(17)4-2-3-5-15(19)20/h6-8H,2-5,9H2,1H3,(H,19,20). The fourth-order valence-corrected chi connectivity index (χ4v) is 2.35. The van der Waals surface area contributed by atoms with E-state index in [1.54, 1.807) is 30.1 Å². The number of carboxylic acids is 1. The molecule has 1 aliphatic heterocycles. The molecule has 0 bridgehead atoms. The lowest BCUT2D eigenvalue weighted by Crippen LogP contribution is -2.20. The van der Waals surface area contributed by atoms with Crippen molar-refractivity contribution in [2.24, 2.45) is 0 Å². The SMILES string of the molecule is CN1C(=O)Cc2cc(C(=O)CCCCC(=O)O)ccc21. The zero-order valence-corrected chi connectivity index (χ0v) is 11.4. The average Bonchev–Trinajstić information content (AvgIpc) is 2.69. The first kappa shape index (κ1) is 14.2. The van der Waals surface area contributed by atoms with Crippen LogP contribution in [0.15, 0.2) is 18.2 Å². The van der Waals surface area contributed by atoms with Gasteiger partial charge in [-0.05, 0) is 36.6 Å². The molecule has 106 valence electrons. The molecule has 1 N–H and O–H groups in total. The Bertz CT molecular complexity index is 565. The summed E-state index contributed by atoms with van der Waals surface area (Å²) in [6, 6.07) is 5.30. The van der Waals surface area contributed by atoms with Crippen LogP contribution in [0, 0.1) is 0 Å². The quantitative estimate of drug-likeness (QED) is 0.636. The second-order valence-electron chi connectivity index (χ2n) is 5.00. The molecular formula is C15H17NO4. The number of benzene rings is 1. The third-order valence-electron chi connectivity index (χ3n) is 3.52. The second kappa shape index (κ2) is 5.86. The summed E-state index contributed by atoms with van der Waals surface area (Å²) in [5.41, 5.74) is 2.34. The third-order valence-corrected chi connectivity index (χ3v) is 3.52. The summed E-state index contributed by atoms with van der Waals surface area (Å²) < 4.78 is 0. The lowest BCUT2D eigenvalue weighted by Gasteiger charge is -2.10. The number of amides is 1. The van der Waals surface area contributed by atoms with Crippen molar-refractivity contribution in [2.75, 3.05) is 11.9 Å². The molecule has 1 amide bonds. The monoisotopic (exact) mass is 275 g/mol. The molecule has 20 heavy (non-hydrogen) atoms. The van der Waals surface area contributed by atoms with Crippen LogP contribution in [0.4, 0.5) is 5.69 Å². The molecule has 0 atom stereocenters. The number of hydrogen-bond donors (Lipinski definition) is 1. The van der Waals surface area contributed by atoms with Crippen LogP contribution < -0.4 is 4.90 Å². The number of Topliss-reactive ketones (excluding diaryl/α,β-unsaturated/α-hetero) is 1. The second-order valence-corrected chi connectivity index (χ2v) is 5.00. The summed E-state index contributed by atoms with van der Waals surface area (Å²) in [6.45, 7) is 0. The molecule has 5 nitrogen and oxygen atoms in total. The molecule has 0 saturated carbocycles. The number of aliphatic carboxylic acids is 1. The fraction of sp³-hybridized carbons (Fsp3) is 0.400. The number of fused-ring (bicyclic) bond motifs is 1. The van der Waals surface area contributed by atoms with Gasteiger partial charge in [-0.1, -0.05) is 0 Å². The number of nitrogens with zero attached hydrogens (tertiary/aromatic N) is 1. The molecule has 0 aliphatic carbocycles. The van der Waals surface area contributed by atoms with E-state index >= 15 is 0 Å². The number of hydrogen-bond acceptors (Lipinski definition) is 3. The van der Waals surface area contributed by atoms with E-state index in [0.29, 0.717) is 31.2 Å². The number of rotatable bonds is 6. The van der Waals surface area contributed by atoms with Crippen LogP contribution in [0.5, 0.6) is 0 Å². The van der Waals surface area contributed by atoms with Crippen molar-refractivity contribution in [3.63, 3.8) is 0 Å². The molecule has 0 saturated heterocycles. The normalized spacial score (nSPS) is 13.4. The van der Waals surface area contributed by atoms with Crippen molar-refractivity contribution >= 4 is 23.3 Å². The van der Waals surface area contributed by atoms with Gasteiger partial charge >= 0.3 is 5.97 Å². The molecule has 1 aromatic carbocycles. The van der Waals surface area contributed by atoms with E-state index in [0.717, 1.165) is 11.3 Å². The van der Waals surface area contributed by atoms with Gasteiger partial charge in [-0.3, -0.25) is 14.4 Å². The van der Waals surface area contributed by atoms with Gasteiger partial charge in [0, 0.05) is 31.1 Å². The van der Waals surface area contributed by atoms with E-state index < -0.39 is 5.97 Å². The van der Waals surface area contributed by atoms with Crippen molar-refractivity contribution in [3.8, 4) is 0 Å². The van der Waals surface area contributed by atoms with Crippen LogP contribution in [0.25, 0.3) is 0 Å². The molecule has 1 heterocycles. The maximum Gasteiger partial charge on any atom is 0.303 e. The van der Waals surface area contributed by atoms with Crippen molar-refractivity contribution < 1.29 is 19.5 Å². The maximum atomic E-state index is 12.0. The number of anilines is 1. The molecule has 5 heteroatoms. The minimum atomic E-state index is -0.837. The number of unbranched alkanes of at least 4 members (excludes halogenated alkanes) is 1. The summed E-state index contributed by atoms with van der Waals surface area (Å²) in [4.78, 5) is 35.6. The highest BCUT2D eigenvalue weighted by molar-refractivity contribution is 6.03. The maximum absolute atomic E-state index is 12.0. The molecule has 1 aromatic rings. The number of ketones is 1. The molecule has 1 aliphatic rings. The first-order valence-corrected chi connectivity index (χ1v) is 6.63. The van der Waals surface area contributed by atoms with Gasteiger partial charge in [0.05, 0.1) is 6.42 Å². The highest BCUT2D eigenvalue weighted by Crippen LogP contribution is 2.28. The van der Waals surface area contributed by atoms with Crippen LogP contribution in [0.1, 0.15) is 41.6 Å². The number of carboxylic acid groups (broad SMARTS) is 1. The van der Waals surface area contributed by atoms with Crippen molar-refractivity contribution in [1.82, 2.24) is 0 Å². The topological polar surface area (TPSA) is 74.7 Å². The Kier molecular flexibility index (Phi) is 4.17. The van der Waals surface area contributed by atoms with Crippen molar-refractivity contribution in [1.29, 1.82) is 0 Å². The minimum Gasteiger partial charge on any atom is -0.481 e. The summed E-state index contributed by atoms with van der Waals surface area (Å²) >= 11 is 0. The van der Waals surface area contributed by atoms with Gasteiger partial charge in [-0.2, -0.15) is 0 Å². The van der Waals surface area contributed by atoms with Crippen molar-refractivity contribution in [2.45, 2.75) is 32.1 Å². The van der Waals surface area contributed by atoms with E-state index in [2.05, 4.69) is 0 Å². The van der Waals surface area contributed by atoms with Crippen LogP contribution >= 0.6 is 0 Å². The molecule has 0 radical (unpaired) electrons. The van der Waals surface area contributed by atoms with Gasteiger partial charge in [0.1, 0.15) is 0 Å².